The van der Waals surface area contributed by atoms with E-state index in [1.165, 1.54) is 0 Å². The molecule has 0 aliphatic carbocycles. The number of nitrogens with one attached hydrogen (secondary N) is 1. The Bertz CT molecular complexity index is 489. The summed E-state index contributed by atoms with van der Waals surface area (Å²) >= 11 is 0. The van der Waals surface area contributed by atoms with Gasteiger partial charge < -0.3 is 14.8 Å². The van der Waals surface area contributed by atoms with Crippen LogP contribution in [0.4, 0.5) is 4.79 Å². The summed E-state index contributed by atoms with van der Waals surface area (Å²) in [6, 6.07) is 8.73. The number of unbranched alkanes of at least 4 members (excludes halogenated alkanes) is 2. The summed E-state index contributed by atoms with van der Waals surface area (Å²) in [5.41, 5.74) is 0.898. The van der Waals surface area contributed by atoms with Crippen LogP contribution in [0.1, 0.15) is 52.0 Å². The van der Waals surface area contributed by atoms with Crippen LogP contribution < -0.4 is 5.32 Å². The highest BCUT2D eigenvalue weighted by Gasteiger charge is 2.27. The Labute approximate surface area is 144 Å². The molecule has 0 saturated carbocycles. The molecule has 2 atom stereocenters. The predicted octanol–water partition coefficient (Wildman–Crippen LogP) is 4.06. The van der Waals surface area contributed by atoms with Crippen molar-refractivity contribution in [2.45, 2.75) is 59.1 Å². The second-order valence-corrected chi connectivity index (χ2v) is 5.94. The fourth-order valence-corrected chi connectivity index (χ4v) is 2.18. The van der Waals surface area contributed by atoms with E-state index in [2.05, 4.69) is 12.2 Å². The first-order chi connectivity index (χ1) is 11.6. The van der Waals surface area contributed by atoms with Crippen LogP contribution in [0.5, 0.6) is 0 Å². The average molecular weight is 335 g/mol. The molecule has 5 heteroatoms. The highest BCUT2D eigenvalue weighted by atomic mass is 16.6. The number of hydrogen-bond donors (Lipinski definition) is 1. The molecule has 5 nitrogen and oxygen atoms in total. The van der Waals surface area contributed by atoms with Crippen molar-refractivity contribution in [3.63, 3.8) is 0 Å². The molecule has 0 aliphatic rings. The van der Waals surface area contributed by atoms with Crippen LogP contribution >= 0.6 is 0 Å². The standard InChI is InChI=1S/C19H29NO4/c1-4-6-10-13-23-18(21)17(15(3)5-2)20-19(22)24-14-16-11-8-7-9-12-16/h7-9,11-12,15,17H,4-6,10,13-14H2,1-3H3,(H,20,22). The smallest absolute Gasteiger partial charge is 0.408 e. The minimum absolute atomic E-state index is 0.0204. The molecule has 0 bridgehead atoms. The lowest BCUT2D eigenvalue weighted by Gasteiger charge is -2.22. The molecule has 0 fully saturated rings. The molecule has 0 aliphatic heterocycles. The first kappa shape index (κ1) is 20.0. The Morgan fingerprint density at radius 1 is 1.08 bits per heavy atom. The summed E-state index contributed by atoms with van der Waals surface area (Å²) in [4.78, 5) is 24.2. The van der Waals surface area contributed by atoms with Crippen molar-refractivity contribution < 1.29 is 19.1 Å². The summed E-state index contributed by atoms with van der Waals surface area (Å²) < 4.78 is 10.5. The second kappa shape index (κ2) is 11.5. The number of alkyl carbamates (subject to hydrolysis) is 1. The third-order valence-corrected chi connectivity index (χ3v) is 3.95. The maximum absolute atomic E-state index is 12.2. The van der Waals surface area contributed by atoms with Gasteiger partial charge in [0.05, 0.1) is 6.61 Å². The molecule has 0 spiro atoms. The molecule has 134 valence electrons. The number of benzene rings is 1. The zero-order chi connectivity index (χ0) is 17.8. The van der Waals surface area contributed by atoms with E-state index >= 15 is 0 Å². The van der Waals surface area contributed by atoms with Crippen LogP contribution in [0.2, 0.25) is 0 Å². The minimum Gasteiger partial charge on any atom is -0.464 e. The average Bonchev–Trinajstić information content (AvgIpc) is 2.61. The van der Waals surface area contributed by atoms with Crippen molar-refractivity contribution in [1.82, 2.24) is 5.32 Å². The fraction of sp³-hybridized carbons (Fsp3) is 0.579. The topological polar surface area (TPSA) is 64.6 Å². The number of amides is 1. The maximum atomic E-state index is 12.2. The van der Waals surface area contributed by atoms with Crippen LogP contribution in [0.25, 0.3) is 0 Å². The summed E-state index contributed by atoms with van der Waals surface area (Å²) in [5, 5.41) is 2.64. The van der Waals surface area contributed by atoms with Gasteiger partial charge in [-0.1, -0.05) is 70.4 Å². The summed E-state index contributed by atoms with van der Waals surface area (Å²) in [5.74, 6) is -0.412. The van der Waals surface area contributed by atoms with Crippen molar-refractivity contribution in [1.29, 1.82) is 0 Å². The summed E-state index contributed by atoms with van der Waals surface area (Å²) in [7, 11) is 0. The molecule has 0 heterocycles. The van der Waals surface area contributed by atoms with Crippen LogP contribution in [0.15, 0.2) is 30.3 Å². The van der Waals surface area contributed by atoms with Crippen LogP contribution in [-0.2, 0) is 20.9 Å². The lowest BCUT2D eigenvalue weighted by molar-refractivity contribution is -0.147. The molecule has 2 unspecified atom stereocenters. The van der Waals surface area contributed by atoms with E-state index in [1.54, 1.807) is 0 Å². The normalized spacial score (nSPS) is 13.0. The van der Waals surface area contributed by atoms with Crippen molar-refractivity contribution in [3.8, 4) is 0 Å². The number of ether oxygens (including phenoxy) is 2. The van der Waals surface area contributed by atoms with Gasteiger partial charge >= 0.3 is 12.1 Å². The summed E-state index contributed by atoms with van der Waals surface area (Å²) in [6.07, 6.45) is 3.08. The van der Waals surface area contributed by atoms with E-state index in [0.29, 0.717) is 6.61 Å². The van der Waals surface area contributed by atoms with E-state index < -0.39 is 18.1 Å². The molecule has 0 saturated heterocycles. The van der Waals surface area contributed by atoms with Gasteiger partial charge in [-0.05, 0) is 17.9 Å². The van der Waals surface area contributed by atoms with Crippen LogP contribution in [-0.4, -0.2) is 24.7 Å². The Kier molecular flexibility index (Phi) is 9.58. The first-order valence-electron chi connectivity index (χ1n) is 8.72. The van der Waals surface area contributed by atoms with Gasteiger partial charge in [-0.3, -0.25) is 0 Å². The molecule has 1 amide bonds. The van der Waals surface area contributed by atoms with Gasteiger partial charge in [0.1, 0.15) is 12.6 Å². The van der Waals surface area contributed by atoms with E-state index in [1.807, 2.05) is 44.2 Å². The molecule has 1 aromatic carbocycles. The van der Waals surface area contributed by atoms with Crippen molar-refractivity contribution >= 4 is 12.1 Å². The summed E-state index contributed by atoms with van der Waals surface area (Å²) in [6.45, 7) is 6.54. The SMILES string of the molecule is CCCCCOC(=O)C(NC(=O)OCc1ccccc1)C(C)CC. The predicted molar refractivity (Wildman–Crippen MR) is 93.5 cm³/mol. The molecule has 1 rings (SSSR count). The Hall–Kier alpha value is -2.04. The first-order valence-corrected chi connectivity index (χ1v) is 8.72. The van der Waals surface area contributed by atoms with E-state index in [9.17, 15) is 9.59 Å². The Morgan fingerprint density at radius 2 is 1.79 bits per heavy atom. The highest BCUT2D eigenvalue weighted by molar-refractivity contribution is 5.81. The lowest BCUT2D eigenvalue weighted by atomic mass is 9.99. The van der Waals surface area contributed by atoms with Crippen molar-refractivity contribution in [3.05, 3.63) is 35.9 Å². The highest BCUT2D eigenvalue weighted by Crippen LogP contribution is 2.11. The number of esters is 1. The third kappa shape index (κ3) is 7.49. The second-order valence-electron chi connectivity index (χ2n) is 5.94. The zero-order valence-electron chi connectivity index (χ0n) is 14.9. The molecular weight excluding hydrogens is 306 g/mol. The van der Waals surface area contributed by atoms with Gasteiger partial charge in [0, 0.05) is 0 Å². The van der Waals surface area contributed by atoms with E-state index in [0.717, 1.165) is 31.2 Å². The molecule has 0 aromatic heterocycles. The molecule has 24 heavy (non-hydrogen) atoms. The molecule has 0 radical (unpaired) electrons. The number of hydrogen-bond acceptors (Lipinski definition) is 4. The Morgan fingerprint density at radius 3 is 2.42 bits per heavy atom. The minimum atomic E-state index is -0.681. The quantitative estimate of drug-likeness (QED) is 0.517. The zero-order valence-corrected chi connectivity index (χ0v) is 14.9. The number of rotatable bonds is 10. The molecule has 1 aromatic rings. The van der Waals surface area contributed by atoms with E-state index in [4.69, 9.17) is 9.47 Å². The Balaban J connectivity index is 2.48. The van der Waals surface area contributed by atoms with E-state index in [-0.39, 0.29) is 12.5 Å². The van der Waals surface area contributed by atoms with Gasteiger partial charge in [-0.2, -0.15) is 0 Å². The largest absolute Gasteiger partial charge is 0.464 e. The maximum Gasteiger partial charge on any atom is 0.408 e. The van der Waals surface area contributed by atoms with Gasteiger partial charge in [0.15, 0.2) is 0 Å². The third-order valence-electron chi connectivity index (χ3n) is 3.95. The fourth-order valence-electron chi connectivity index (χ4n) is 2.18. The van der Waals surface area contributed by atoms with Gasteiger partial charge in [0.2, 0.25) is 0 Å². The molecule has 1 N–H and O–H groups in total. The van der Waals surface area contributed by atoms with Crippen molar-refractivity contribution in [2.24, 2.45) is 5.92 Å². The molecular formula is C19H29NO4. The number of carbonyl (C=O) groups excluding carboxylic acids is 2. The van der Waals surface area contributed by atoms with Crippen LogP contribution in [0.3, 0.4) is 0 Å². The van der Waals surface area contributed by atoms with Gasteiger partial charge in [-0.25, -0.2) is 9.59 Å². The van der Waals surface area contributed by atoms with Crippen LogP contribution in [0, 0.1) is 5.92 Å². The van der Waals surface area contributed by atoms with Gasteiger partial charge in [-0.15, -0.1) is 0 Å². The van der Waals surface area contributed by atoms with Gasteiger partial charge in [0.25, 0.3) is 0 Å². The lowest BCUT2D eigenvalue weighted by Crippen LogP contribution is -2.46. The number of carbonyl (C=O) groups is 2. The van der Waals surface area contributed by atoms with Crippen molar-refractivity contribution in [2.75, 3.05) is 6.61 Å². The monoisotopic (exact) mass is 335 g/mol.